The highest BCUT2D eigenvalue weighted by Crippen LogP contribution is 2.20. The fraction of sp³-hybridized carbons (Fsp3) is 0. The largest absolute Gasteiger partial charge is 0.263 e. The predicted molar refractivity (Wildman–Crippen MR) is 97.8 cm³/mol. The molecule has 25 heavy (non-hydrogen) atoms. The van der Waals surface area contributed by atoms with Gasteiger partial charge in [-0.3, -0.25) is 9.97 Å². The highest BCUT2D eigenvalue weighted by atomic mass is 32.1. The zero-order chi connectivity index (χ0) is 16.9. The Labute approximate surface area is 148 Å². The van der Waals surface area contributed by atoms with Gasteiger partial charge in [-0.15, -0.1) is 0 Å². The molecule has 0 amide bonds. The molecule has 0 radical (unpaired) electrons. The fourth-order valence-electron chi connectivity index (χ4n) is 2.22. The zero-order valence-electron chi connectivity index (χ0n) is 13.0. The molecule has 4 rings (SSSR count). The van der Waals surface area contributed by atoms with Crippen LogP contribution in [0.2, 0.25) is 0 Å². The predicted octanol–water partition coefficient (Wildman–Crippen LogP) is 3.28. The summed E-state index contributed by atoms with van der Waals surface area (Å²) in [6.45, 7) is 0. The third kappa shape index (κ3) is 3.37. The maximum Gasteiger partial charge on any atom is 0.121 e. The number of rotatable bonds is 0. The molecule has 0 fully saturated rings. The van der Waals surface area contributed by atoms with Gasteiger partial charge in [0, 0.05) is 35.9 Å². The van der Waals surface area contributed by atoms with Gasteiger partial charge in [0.1, 0.15) is 11.0 Å². The van der Waals surface area contributed by atoms with Crippen LogP contribution in [0, 0.1) is 23.7 Å². The number of pyridine rings is 2. The molecule has 0 unspecified atom stereocenters. The molecule has 1 aromatic carbocycles. The lowest BCUT2D eigenvalue weighted by atomic mass is 10.1. The van der Waals surface area contributed by atoms with Crippen LogP contribution in [0.4, 0.5) is 0 Å². The fourth-order valence-corrected chi connectivity index (χ4v) is 2.79. The Bertz CT molecular complexity index is 1050. The van der Waals surface area contributed by atoms with E-state index in [9.17, 15) is 0 Å². The van der Waals surface area contributed by atoms with Crippen LogP contribution in [0.1, 0.15) is 22.3 Å². The van der Waals surface area contributed by atoms with Gasteiger partial charge in [0.2, 0.25) is 0 Å². The minimum atomic E-state index is 0.777. The third-order valence-corrected chi connectivity index (χ3v) is 3.95. The van der Waals surface area contributed by atoms with Gasteiger partial charge in [-0.2, -0.15) is 8.75 Å². The first-order chi connectivity index (χ1) is 12.4. The highest BCUT2D eigenvalue weighted by molar-refractivity contribution is 7.00. The normalized spacial score (nSPS) is 9.76. The number of benzene rings is 1. The van der Waals surface area contributed by atoms with Gasteiger partial charge in [-0.25, -0.2) is 0 Å². The van der Waals surface area contributed by atoms with Crippen molar-refractivity contribution < 1.29 is 0 Å². The molecule has 0 aliphatic carbocycles. The standard InChI is InChI=1S/C20H10N4S/c1-3-15(13-21-11-1)5-7-17-9-10-18(20-19(17)23-25-24-20)8-6-16-4-2-12-22-14-16/h1-4,9-14H. The lowest BCUT2D eigenvalue weighted by molar-refractivity contribution is 1.31. The van der Waals surface area contributed by atoms with Crippen LogP contribution in [0.15, 0.2) is 61.2 Å². The summed E-state index contributed by atoms with van der Waals surface area (Å²) >= 11 is 1.16. The average molecular weight is 338 g/mol. The number of hydrogen-bond acceptors (Lipinski definition) is 5. The molecule has 4 aromatic rings. The summed E-state index contributed by atoms with van der Waals surface area (Å²) in [6.07, 6.45) is 6.92. The van der Waals surface area contributed by atoms with Crippen molar-refractivity contribution in [3.8, 4) is 23.7 Å². The van der Waals surface area contributed by atoms with Gasteiger partial charge in [-0.05, 0) is 36.4 Å². The minimum absolute atomic E-state index is 0.777. The molecule has 3 aromatic heterocycles. The monoisotopic (exact) mass is 338 g/mol. The Balaban J connectivity index is 1.73. The summed E-state index contributed by atoms with van der Waals surface area (Å²) in [7, 11) is 0. The first-order valence-electron chi connectivity index (χ1n) is 7.49. The topological polar surface area (TPSA) is 51.6 Å². The van der Waals surface area contributed by atoms with Gasteiger partial charge in [0.05, 0.1) is 22.9 Å². The molecule has 0 aliphatic rings. The zero-order valence-corrected chi connectivity index (χ0v) is 13.8. The highest BCUT2D eigenvalue weighted by Gasteiger charge is 2.07. The molecule has 5 heteroatoms. The summed E-state index contributed by atoms with van der Waals surface area (Å²) in [5, 5.41) is 0. The van der Waals surface area contributed by atoms with Crippen molar-refractivity contribution >= 4 is 22.8 Å². The van der Waals surface area contributed by atoms with Crippen LogP contribution in [0.3, 0.4) is 0 Å². The van der Waals surface area contributed by atoms with Crippen molar-refractivity contribution in [1.29, 1.82) is 0 Å². The summed E-state index contributed by atoms with van der Waals surface area (Å²) in [5.74, 6) is 12.5. The van der Waals surface area contributed by atoms with E-state index in [1.165, 1.54) is 0 Å². The number of fused-ring (bicyclic) bond motifs is 1. The molecule has 0 N–H and O–H groups in total. The lowest BCUT2D eigenvalue weighted by Gasteiger charge is -1.96. The van der Waals surface area contributed by atoms with Gasteiger partial charge in [0.15, 0.2) is 0 Å². The summed E-state index contributed by atoms with van der Waals surface area (Å²) < 4.78 is 8.76. The van der Waals surface area contributed by atoms with Gasteiger partial charge >= 0.3 is 0 Å². The molecule has 4 nitrogen and oxygen atoms in total. The van der Waals surface area contributed by atoms with E-state index in [1.807, 2.05) is 36.4 Å². The van der Waals surface area contributed by atoms with E-state index in [2.05, 4.69) is 42.4 Å². The van der Waals surface area contributed by atoms with E-state index in [-0.39, 0.29) is 0 Å². The molecule has 0 saturated carbocycles. The smallest absolute Gasteiger partial charge is 0.121 e. The Kier molecular flexibility index (Phi) is 4.16. The van der Waals surface area contributed by atoms with Crippen molar-refractivity contribution in [2.75, 3.05) is 0 Å². The maximum atomic E-state index is 4.38. The van der Waals surface area contributed by atoms with E-state index in [0.717, 1.165) is 45.0 Å². The van der Waals surface area contributed by atoms with Crippen molar-refractivity contribution in [3.05, 3.63) is 83.4 Å². The quantitative estimate of drug-likeness (QED) is 0.462. The molecule has 0 spiro atoms. The second-order valence-corrected chi connectivity index (χ2v) is 5.63. The van der Waals surface area contributed by atoms with E-state index in [0.29, 0.717) is 0 Å². The summed E-state index contributed by atoms with van der Waals surface area (Å²) in [4.78, 5) is 8.13. The molecular weight excluding hydrogens is 328 g/mol. The van der Waals surface area contributed by atoms with Crippen LogP contribution in [0.25, 0.3) is 11.0 Å². The molecule has 3 heterocycles. The average Bonchev–Trinajstić information content (AvgIpc) is 3.17. The van der Waals surface area contributed by atoms with E-state index in [1.54, 1.807) is 24.8 Å². The first-order valence-corrected chi connectivity index (χ1v) is 8.22. The van der Waals surface area contributed by atoms with E-state index < -0.39 is 0 Å². The van der Waals surface area contributed by atoms with E-state index >= 15 is 0 Å². The summed E-state index contributed by atoms with van der Waals surface area (Å²) in [5.41, 5.74) is 4.94. The van der Waals surface area contributed by atoms with Crippen LogP contribution < -0.4 is 0 Å². The summed E-state index contributed by atoms with van der Waals surface area (Å²) in [6, 6.07) is 11.4. The van der Waals surface area contributed by atoms with Crippen LogP contribution >= 0.6 is 11.7 Å². The Morgan fingerprint density at radius 2 is 1.16 bits per heavy atom. The van der Waals surface area contributed by atoms with E-state index in [4.69, 9.17) is 0 Å². The number of nitrogens with zero attached hydrogens (tertiary/aromatic N) is 4. The number of aromatic nitrogens is 4. The molecular formula is C20H10N4S. The van der Waals surface area contributed by atoms with Crippen LogP contribution in [0.5, 0.6) is 0 Å². The van der Waals surface area contributed by atoms with Crippen LogP contribution in [-0.2, 0) is 0 Å². The minimum Gasteiger partial charge on any atom is -0.263 e. The first kappa shape index (κ1) is 15.0. The van der Waals surface area contributed by atoms with Crippen molar-refractivity contribution in [3.63, 3.8) is 0 Å². The maximum absolute atomic E-state index is 4.38. The van der Waals surface area contributed by atoms with Gasteiger partial charge in [-0.1, -0.05) is 23.7 Å². The second-order valence-electron chi connectivity index (χ2n) is 5.11. The van der Waals surface area contributed by atoms with Crippen molar-refractivity contribution in [1.82, 2.24) is 18.7 Å². The SMILES string of the molecule is C(#Cc1ccc(C#Cc2cccnc2)c2nsnc12)c1cccnc1. The lowest BCUT2D eigenvalue weighted by Crippen LogP contribution is -1.85. The Hall–Kier alpha value is -3.54. The van der Waals surface area contributed by atoms with Crippen molar-refractivity contribution in [2.24, 2.45) is 0 Å². The molecule has 0 bridgehead atoms. The molecule has 0 saturated heterocycles. The third-order valence-electron chi connectivity index (χ3n) is 3.42. The molecule has 116 valence electrons. The van der Waals surface area contributed by atoms with Gasteiger partial charge in [0.25, 0.3) is 0 Å². The Morgan fingerprint density at radius 3 is 1.60 bits per heavy atom. The second kappa shape index (κ2) is 6.92. The van der Waals surface area contributed by atoms with Gasteiger partial charge < -0.3 is 0 Å². The molecule has 0 atom stereocenters. The number of hydrogen-bond donors (Lipinski definition) is 0. The van der Waals surface area contributed by atoms with Crippen molar-refractivity contribution in [2.45, 2.75) is 0 Å². The Morgan fingerprint density at radius 1 is 0.640 bits per heavy atom. The molecule has 0 aliphatic heterocycles. The van der Waals surface area contributed by atoms with Crippen LogP contribution in [-0.4, -0.2) is 18.7 Å².